The molecule has 24 heavy (non-hydrogen) atoms. The molecule has 0 aliphatic heterocycles. The standard InChI is InChI=1S/C21H27NO2/c1-17(22(2)3)16-21(15-14-20(23)24,18-10-6-4-7-11-18)19-12-8-5-9-13-19/h4-13,17H,14-16H2,1-3H3,(H,23,24)/t17-/m1/s1. The minimum absolute atomic E-state index is 0.157. The molecule has 1 N–H and O–H groups in total. The lowest BCUT2D eigenvalue weighted by Crippen LogP contribution is -2.37. The summed E-state index contributed by atoms with van der Waals surface area (Å²) in [6, 6.07) is 21.0. The van der Waals surface area contributed by atoms with E-state index in [1.54, 1.807) is 0 Å². The van der Waals surface area contributed by atoms with Gasteiger partial charge in [0.15, 0.2) is 0 Å². The van der Waals surface area contributed by atoms with E-state index in [2.05, 4.69) is 50.2 Å². The highest BCUT2D eigenvalue weighted by molar-refractivity contribution is 5.67. The molecule has 128 valence electrons. The second-order valence-electron chi connectivity index (χ2n) is 6.72. The van der Waals surface area contributed by atoms with E-state index in [-0.39, 0.29) is 11.8 Å². The molecule has 2 aromatic rings. The van der Waals surface area contributed by atoms with Gasteiger partial charge in [0.25, 0.3) is 0 Å². The molecule has 0 heterocycles. The normalized spacial score (nSPS) is 13.0. The smallest absolute Gasteiger partial charge is 0.303 e. The highest BCUT2D eigenvalue weighted by Gasteiger charge is 2.36. The fourth-order valence-corrected chi connectivity index (χ4v) is 3.31. The Morgan fingerprint density at radius 1 is 1.00 bits per heavy atom. The summed E-state index contributed by atoms with van der Waals surface area (Å²) in [4.78, 5) is 13.5. The van der Waals surface area contributed by atoms with Gasteiger partial charge in [-0.15, -0.1) is 0 Å². The molecule has 3 nitrogen and oxygen atoms in total. The lowest BCUT2D eigenvalue weighted by molar-refractivity contribution is -0.137. The molecule has 0 unspecified atom stereocenters. The summed E-state index contributed by atoms with van der Waals surface area (Å²) < 4.78 is 0. The zero-order valence-corrected chi connectivity index (χ0v) is 14.8. The number of carboxylic acid groups (broad SMARTS) is 1. The number of aliphatic carboxylic acids is 1. The van der Waals surface area contributed by atoms with E-state index >= 15 is 0 Å². The number of rotatable bonds is 8. The van der Waals surface area contributed by atoms with Crippen molar-refractivity contribution in [1.82, 2.24) is 4.90 Å². The quantitative estimate of drug-likeness (QED) is 0.791. The van der Waals surface area contributed by atoms with E-state index in [1.807, 2.05) is 36.4 Å². The lowest BCUT2D eigenvalue weighted by atomic mass is 9.67. The molecule has 2 rings (SSSR count). The van der Waals surface area contributed by atoms with Crippen molar-refractivity contribution in [2.45, 2.75) is 37.6 Å². The maximum absolute atomic E-state index is 11.3. The minimum Gasteiger partial charge on any atom is -0.481 e. The van der Waals surface area contributed by atoms with Crippen LogP contribution >= 0.6 is 0 Å². The van der Waals surface area contributed by atoms with Gasteiger partial charge < -0.3 is 10.0 Å². The molecular weight excluding hydrogens is 298 g/mol. The maximum atomic E-state index is 11.3. The Morgan fingerprint density at radius 2 is 1.46 bits per heavy atom. The first-order valence-corrected chi connectivity index (χ1v) is 8.45. The van der Waals surface area contributed by atoms with Gasteiger partial charge in [0.2, 0.25) is 0 Å². The van der Waals surface area contributed by atoms with Gasteiger partial charge in [-0.25, -0.2) is 0 Å². The van der Waals surface area contributed by atoms with Crippen LogP contribution in [0.5, 0.6) is 0 Å². The number of carbonyl (C=O) groups is 1. The van der Waals surface area contributed by atoms with Crippen molar-refractivity contribution in [2.75, 3.05) is 14.1 Å². The van der Waals surface area contributed by atoms with E-state index in [0.29, 0.717) is 12.5 Å². The molecule has 0 bridgehead atoms. The summed E-state index contributed by atoms with van der Waals surface area (Å²) in [7, 11) is 4.14. The number of carboxylic acids is 1. The first-order valence-electron chi connectivity index (χ1n) is 8.45. The minimum atomic E-state index is -0.747. The summed E-state index contributed by atoms with van der Waals surface area (Å²) >= 11 is 0. The molecule has 3 heteroatoms. The van der Waals surface area contributed by atoms with Crippen molar-refractivity contribution in [2.24, 2.45) is 0 Å². The third-order valence-electron chi connectivity index (χ3n) is 4.94. The molecule has 0 fully saturated rings. The first kappa shape index (κ1) is 18.2. The van der Waals surface area contributed by atoms with Gasteiger partial charge >= 0.3 is 5.97 Å². The highest BCUT2D eigenvalue weighted by atomic mass is 16.4. The second kappa shape index (κ2) is 8.11. The zero-order chi connectivity index (χ0) is 17.6. The Morgan fingerprint density at radius 3 is 1.83 bits per heavy atom. The van der Waals surface area contributed by atoms with Crippen molar-refractivity contribution in [3.05, 3.63) is 71.8 Å². The predicted octanol–water partition coefficient (Wildman–Crippen LogP) is 4.18. The molecule has 2 aromatic carbocycles. The van der Waals surface area contributed by atoms with Crippen LogP contribution in [-0.4, -0.2) is 36.1 Å². The average molecular weight is 325 g/mol. The van der Waals surface area contributed by atoms with E-state index in [1.165, 1.54) is 11.1 Å². The summed E-state index contributed by atoms with van der Waals surface area (Å²) in [6.45, 7) is 2.20. The Hall–Kier alpha value is -2.13. The van der Waals surface area contributed by atoms with Crippen LogP contribution in [0, 0.1) is 0 Å². The van der Waals surface area contributed by atoms with Gasteiger partial charge in [-0.3, -0.25) is 4.79 Å². The lowest BCUT2D eigenvalue weighted by Gasteiger charge is -2.39. The van der Waals surface area contributed by atoms with E-state index in [4.69, 9.17) is 0 Å². The van der Waals surface area contributed by atoms with Crippen LogP contribution in [0.1, 0.15) is 37.3 Å². The number of hydrogen-bond acceptors (Lipinski definition) is 2. The van der Waals surface area contributed by atoms with Crippen LogP contribution in [-0.2, 0) is 10.2 Å². The summed E-state index contributed by atoms with van der Waals surface area (Å²) in [6.07, 6.45) is 1.62. The monoisotopic (exact) mass is 325 g/mol. The molecule has 0 saturated heterocycles. The summed E-state index contributed by atoms with van der Waals surface area (Å²) in [5, 5.41) is 9.30. The number of hydrogen-bond donors (Lipinski definition) is 1. The number of benzene rings is 2. The largest absolute Gasteiger partial charge is 0.481 e. The zero-order valence-electron chi connectivity index (χ0n) is 14.8. The molecule has 0 saturated carbocycles. The van der Waals surface area contributed by atoms with E-state index in [9.17, 15) is 9.90 Å². The predicted molar refractivity (Wildman–Crippen MR) is 98.3 cm³/mol. The van der Waals surface area contributed by atoms with Gasteiger partial charge in [0.1, 0.15) is 0 Å². The molecule has 1 atom stereocenters. The van der Waals surface area contributed by atoms with Crippen LogP contribution in [0.4, 0.5) is 0 Å². The Bertz CT molecular complexity index is 598. The van der Waals surface area contributed by atoms with Crippen molar-refractivity contribution < 1.29 is 9.90 Å². The summed E-state index contributed by atoms with van der Waals surface area (Å²) in [5.41, 5.74) is 2.07. The maximum Gasteiger partial charge on any atom is 0.303 e. The van der Waals surface area contributed by atoms with Crippen molar-refractivity contribution in [1.29, 1.82) is 0 Å². The molecule has 0 spiro atoms. The van der Waals surface area contributed by atoms with Crippen LogP contribution < -0.4 is 0 Å². The van der Waals surface area contributed by atoms with Gasteiger partial charge in [-0.1, -0.05) is 60.7 Å². The molecule has 0 aliphatic carbocycles. The Labute approximate surface area is 144 Å². The molecule has 0 amide bonds. The van der Waals surface area contributed by atoms with Gasteiger partial charge in [0, 0.05) is 17.9 Å². The van der Waals surface area contributed by atoms with Gasteiger partial charge in [-0.05, 0) is 45.0 Å². The number of nitrogens with zero attached hydrogens (tertiary/aromatic N) is 1. The second-order valence-corrected chi connectivity index (χ2v) is 6.72. The van der Waals surface area contributed by atoms with Gasteiger partial charge in [0.05, 0.1) is 0 Å². The molecular formula is C21H27NO2. The van der Waals surface area contributed by atoms with Crippen LogP contribution in [0.2, 0.25) is 0 Å². The van der Waals surface area contributed by atoms with E-state index < -0.39 is 5.97 Å². The van der Waals surface area contributed by atoms with Crippen LogP contribution in [0.25, 0.3) is 0 Å². The van der Waals surface area contributed by atoms with Gasteiger partial charge in [-0.2, -0.15) is 0 Å². The molecule has 0 aliphatic rings. The highest BCUT2D eigenvalue weighted by Crippen LogP contribution is 2.41. The third-order valence-corrected chi connectivity index (χ3v) is 4.94. The Balaban J connectivity index is 2.56. The topological polar surface area (TPSA) is 40.5 Å². The fourth-order valence-electron chi connectivity index (χ4n) is 3.31. The van der Waals surface area contributed by atoms with Crippen molar-refractivity contribution in [3.63, 3.8) is 0 Å². The average Bonchev–Trinajstić information content (AvgIpc) is 2.59. The molecule has 0 aromatic heterocycles. The van der Waals surface area contributed by atoms with Crippen LogP contribution in [0.3, 0.4) is 0 Å². The molecule has 0 radical (unpaired) electrons. The van der Waals surface area contributed by atoms with E-state index in [0.717, 1.165) is 6.42 Å². The summed E-state index contributed by atoms with van der Waals surface area (Å²) in [5.74, 6) is -0.747. The van der Waals surface area contributed by atoms with Crippen molar-refractivity contribution in [3.8, 4) is 0 Å². The SMILES string of the molecule is C[C@H](CC(CCC(=O)O)(c1ccccc1)c1ccccc1)N(C)C. The fraction of sp³-hybridized carbons (Fsp3) is 0.381. The third kappa shape index (κ3) is 4.24. The Kier molecular flexibility index (Phi) is 6.16. The van der Waals surface area contributed by atoms with Crippen LogP contribution in [0.15, 0.2) is 60.7 Å². The first-order chi connectivity index (χ1) is 11.5. The van der Waals surface area contributed by atoms with Crippen molar-refractivity contribution >= 4 is 5.97 Å².